The first-order valence-corrected chi connectivity index (χ1v) is 9.35. The number of amides is 1. The van der Waals surface area contributed by atoms with Crippen molar-refractivity contribution in [3.63, 3.8) is 0 Å². The lowest BCUT2D eigenvalue weighted by molar-refractivity contribution is 0.0507. The Bertz CT molecular complexity index is 928. The lowest BCUT2D eigenvalue weighted by Gasteiger charge is -2.26. The van der Waals surface area contributed by atoms with Crippen LogP contribution in [0.1, 0.15) is 28.8 Å². The van der Waals surface area contributed by atoms with Gasteiger partial charge in [-0.3, -0.25) is 4.79 Å². The first-order valence-electron chi connectivity index (χ1n) is 9.35. The molecular formula is C22H24N2O3. The standard InChI is InChI=1S/C22H24N2O3/c1-26-20-10-3-2-6-17(20)14-24(15-18-8-5-13-27-18)22(25)19-9-4-7-16-11-12-23-21(16)19/h2-4,6-7,9-12,18,23H,5,8,13-15H2,1H3. The normalized spacial score (nSPS) is 16.6. The number of hydrogen-bond acceptors (Lipinski definition) is 3. The molecule has 2 aromatic carbocycles. The number of rotatable bonds is 6. The summed E-state index contributed by atoms with van der Waals surface area (Å²) in [7, 11) is 1.66. The van der Waals surface area contributed by atoms with Crippen molar-refractivity contribution in [1.29, 1.82) is 0 Å². The summed E-state index contributed by atoms with van der Waals surface area (Å²) in [5, 5.41) is 1.04. The van der Waals surface area contributed by atoms with Gasteiger partial charge in [0, 0.05) is 36.8 Å². The lowest BCUT2D eigenvalue weighted by atomic mass is 10.1. The highest BCUT2D eigenvalue weighted by molar-refractivity contribution is 6.05. The number of ether oxygens (including phenoxy) is 2. The van der Waals surface area contributed by atoms with Gasteiger partial charge in [-0.05, 0) is 31.0 Å². The number of para-hydroxylation sites is 2. The van der Waals surface area contributed by atoms with Crippen LogP contribution < -0.4 is 4.74 Å². The predicted molar refractivity (Wildman–Crippen MR) is 105 cm³/mol. The Morgan fingerprint density at radius 2 is 2.11 bits per heavy atom. The number of carbonyl (C=O) groups excluding carboxylic acids is 1. The molecule has 1 aliphatic heterocycles. The Labute approximate surface area is 158 Å². The van der Waals surface area contributed by atoms with Crippen LogP contribution in [0.15, 0.2) is 54.7 Å². The Hall–Kier alpha value is -2.79. The van der Waals surface area contributed by atoms with Gasteiger partial charge in [0.15, 0.2) is 0 Å². The van der Waals surface area contributed by atoms with Gasteiger partial charge in [-0.1, -0.05) is 30.3 Å². The zero-order valence-electron chi connectivity index (χ0n) is 15.5. The molecule has 0 radical (unpaired) electrons. The van der Waals surface area contributed by atoms with Crippen molar-refractivity contribution in [2.24, 2.45) is 0 Å². The van der Waals surface area contributed by atoms with E-state index in [-0.39, 0.29) is 12.0 Å². The number of H-pyrrole nitrogens is 1. The van der Waals surface area contributed by atoms with E-state index in [9.17, 15) is 4.79 Å². The van der Waals surface area contributed by atoms with Crippen LogP contribution in [0, 0.1) is 0 Å². The topological polar surface area (TPSA) is 54.6 Å². The third-order valence-corrected chi connectivity index (χ3v) is 5.11. The number of nitrogens with one attached hydrogen (secondary N) is 1. The van der Waals surface area contributed by atoms with E-state index in [2.05, 4.69) is 4.98 Å². The second-order valence-electron chi connectivity index (χ2n) is 6.88. The van der Waals surface area contributed by atoms with Crippen molar-refractivity contribution in [3.8, 4) is 5.75 Å². The van der Waals surface area contributed by atoms with Crippen molar-refractivity contribution >= 4 is 16.8 Å². The second kappa shape index (κ2) is 7.84. The Balaban J connectivity index is 1.66. The first-order chi connectivity index (χ1) is 13.3. The van der Waals surface area contributed by atoms with Gasteiger partial charge < -0.3 is 19.4 Å². The smallest absolute Gasteiger partial charge is 0.256 e. The summed E-state index contributed by atoms with van der Waals surface area (Å²) in [6, 6.07) is 15.6. The van der Waals surface area contributed by atoms with Gasteiger partial charge in [-0.25, -0.2) is 0 Å². The molecule has 1 aliphatic rings. The Morgan fingerprint density at radius 1 is 1.22 bits per heavy atom. The molecule has 2 heterocycles. The maximum atomic E-state index is 13.5. The van der Waals surface area contributed by atoms with Gasteiger partial charge in [0.25, 0.3) is 5.91 Å². The molecule has 4 rings (SSSR count). The van der Waals surface area contributed by atoms with E-state index in [1.54, 1.807) is 7.11 Å². The highest BCUT2D eigenvalue weighted by Gasteiger charge is 2.25. The Morgan fingerprint density at radius 3 is 2.93 bits per heavy atom. The quantitative estimate of drug-likeness (QED) is 0.719. The van der Waals surface area contributed by atoms with Crippen LogP contribution in [-0.4, -0.2) is 42.2 Å². The zero-order valence-corrected chi connectivity index (χ0v) is 15.5. The molecule has 1 saturated heterocycles. The highest BCUT2D eigenvalue weighted by Crippen LogP contribution is 2.24. The molecule has 1 aromatic heterocycles. The minimum absolute atomic E-state index is 0.00413. The Kier molecular flexibility index (Phi) is 5.12. The second-order valence-corrected chi connectivity index (χ2v) is 6.88. The summed E-state index contributed by atoms with van der Waals surface area (Å²) in [6.07, 6.45) is 3.99. The number of nitrogens with zero attached hydrogens (tertiary/aromatic N) is 1. The monoisotopic (exact) mass is 364 g/mol. The van der Waals surface area contributed by atoms with E-state index in [0.29, 0.717) is 18.7 Å². The van der Waals surface area contributed by atoms with Crippen molar-refractivity contribution in [2.75, 3.05) is 20.3 Å². The minimum Gasteiger partial charge on any atom is -0.496 e. The number of methoxy groups -OCH3 is 1. The third-order valence-electron chi connectivity index (χ3n) is 5.11. The number of hydrogen-bond donors (Lipinski definition) is 1. The van der Waals surface area contributed by atoms with E-state index in [1.165, 1.54) is 0 Å². The summed E-state index contributed by atoms with van der Waals surface area (Å²) in [6.45, 7) is 1.83. The maximum Gasteiger partial charge on any atom is 0.256 e. The van der Waals surface area contributed by atoms with Gasteiger partial charge in [-0.2, -0.15) is 0 Å². The van der Waals surface area contributed by atoms with Crippen molar-refractivity contribution in [2.45, 2.75) is 25.5 Å². The van der Waals surface area contributed by atoms with Crippen LogP contribution in [0.3, 0.4) is 0 Å². The fourth-order valence-corrected chi connectivity index (χ4v) is 3.73. The number of benzene rings is 2. The number of fused-ring (bicyclic) bond motifs is 1. The van der Waals surface area contributed by atoms with Crippen molar-refractivity contribution < 1.29 is 14.3 Å². The van der Waals surface area contributed by atoms with Crippen LogP contribution in [0.5, 0.6) is 5.75 Å². The van der Waals surface area contributed by atoms with Crippen LogP contribution in [-0.2, 0) is 11.3 Å². The molecular weight excluding hydrogens is 340 g/mol. The molecule has 5 heteroatoms. The molecule has 0 spiro atoms. The highest BCUT2D eigenvalue weighted by atomic mass is 16.5. The van der Waals surface area contributed by atoms with Crippen LogP contribution in [0.25, 0.3) is 10.9 Å². The number of carbonyl (C=O) groups is 1. The molecule has 1 fully saturated rings. The van der Waals surface area contributed by atoms with E-state index in [0.717, 1.165) is 41.7 Å². The van der Waals surface area contributed by atoms with Gasteiger partial charge >= 0.3 is 0 Å². The van der Waals surface area contributed by atoms with Gasteiger partial charge in [-0.15, -0.1) is 0 Å². The van der Waals surface area contributed by atoms with Crippen LogP contribution in [0.2, 0.25) is 0 Å². The molecule has 1 N–H and O–H groups in total. The fraction of sp³-hybridized carbons (Fsp3) is 0.318. The predicted octanol–water partition coefficient (Wildman–Crippen LogP) is 4.00. The molecule has 140 valence electrons. The van der Waals surface area contributed by atoms with E-state index in [4.69, 9.17) is 9.47 Å². The average molecular weight is 364 g/mol. The third kappa shape index (κ3) is 3.69. The largest absolute Gasteiger partial charge is 0.496 e. The first kappa shape index (κ1) is 17.6. The molecule has 1 atom stereocenters. The van der Waals surface area contributed by atoms with Gasteiger partial charge in [0.2, 0.25) is 0 Å². The fourth-order valence-electron chi connectivity index (χ4n) is 3.73. The number of aromatic nitrogens is 1. The average Bonchev–Trinajstić information content (AvgIpc) is 3.38. The maximum absolute atomic E-state index is 13.5. The molecule has 0 saturated carbocycles. The molecule has 0 bridgehead atoms. The van der Waals surface area contributed by atoms with Crippen molar-refractivity contribution in [3.05, 3.63) is 65.9 Å². The lowest BCUT2D eigenvalue weighted by Crippen LogP contribution is -2.37. The minimum atomic E-state index is 0.00413. The van der Waals surface area contributed by atoms with E-state index in [1.807, 2.05) is 59.6 Å². The summed E-state index contributed by atoms with van der Waals surface area (Å²) in [5.74, 6) is 0.796. The number of aromatic amines is 1. The molecule has 27 heavy (non-hydrogen) atoms. The molecule has 0 aliphatic carbocycles. The molecule has 3 aromatic rings. The zero-order chi connectivity index (χ0) is 18.6. The van der Waals surface area contributed by atoms with E-state index < -0.39 is 0 Å². The van der Waals surface area contributed by atoms with Crippen LogP contribution in [0.4, 0.5) is 0 Å². The summed E-state index contributed by atoms with van der Waals surface area (Å²) in [5.41, 5.74) is 2.55. The van der Waals surface area contributed by atoms with Crippen molar-refractivity contribution in [1.82, 2.24) is 9.88 Å². The van der Waals surface area contributed by atoms with E-state index >= 15 is 0 Å². The summed E-state index contributed by atoms with van der Waals surface area (Å²) in [4.78, 5) is 18.5. The molecule has 1 amide bonds. The SMILES string of the molecule is COc1ccccc1CN(CC1CCCO1)C(=O)c1cccc2cc[nH]c12. The van der Waals surface area contributed by atoms with Crippen LogP contribution >= 0.6 is 0 Å². The van der Waals surface area contributed by atoms with Gasteiger partial charge in [0.1, 0.15) is 5.75 Å². The summed E-state index contributed by atoms with van der Waals surface area (Å²) >= 11 is 0. The van der Waals surface area contributed by atoms with Gasteiger partial charge in [0.05, 0.1) is 24.3 Å². The molecule has 1 unspecified atom stereocenters. The summed E-state index contributed by atoms with van der Waals surface area (Å²) < 4.78 is 11.3. The molecule has 5 nitrogen and oxygen atoms in total.